The summed E-state index contributed by atoms with van der Waals surface area (Å²) in [5.74, 6) is 0. The molecule has 40 valence electrons. The van der Waals surface area contributed by atoms with Crippen molar-refractivity contribution in [2.75, 3.05) is 0 Å². The van der Waals surface area contributed by atoms with Crippen molar-refractivity contribution < 1.29 is 38.8 Å². The van der Waals surface area contributed by atoms with Crippen LogP contribution in [0, 0.1) is 0 Å². The maximum atomic E-state index is 9.00. The van der Waals surface area contributed by atoms with Gasteiger partial charge in [-0.3, -0.25) is 0 Å². The van der Waals surface area contributed by atoms with Gasteiger partial charge >= 0.3 is 43.8 Å². The number of rotatable bonds is 0. The van der Waals surface area contributed by atoms with E-state index in [4.69, 9.17) is 4.79 Å². The Labute approximate surface area is 92.7 Å². The van der Waals surface area contributed by atoms with E-state index >= 15 is 0 Å². The van der Waals surface area contributed by atoms with Crippen molar-refractivity contribution in [3.63, 3.8) is 0 Å². The van der Waals surface area contributed by atoms with Crippen molar-refractivity contribution in [3.05, 3.63) is 0 Å². The fraction of sp³-hybridized carbons (Fsp3) is 0. The van der Waals surface area contributed by atoms with E-state index in [9.17, 15) is 0 Å². The second kappa shape index (κ2) is 15.6. The van der Waals surface area contributed by atoms with Gasteiger partial charge in [0.2, 0.25) is 0 Å². The molecule has 0 fully saturated rings. The first kappa shape index (κ1) is 23.6. The van der Waals surface area contributed by atoms with Gasteiger partial charge in [-0.05, 0) is 0 Å². The molecule has 0 aromatic rings. The summed E-state index contributed by atoms with van der Waals surface area (Å²) in [4.78, 5) is 9.00. The fourth-order valence-corrected chi connectivity index (χ4v) is 0. The minimum absolute atomic E-state index is 0. The zero-order chi connectivity index (χ0) is 3.58. The number of halogens is 2. The van der Waals surface area contributed by atoms with Gasteiger partial charge in [-0.1, -0.05) is 0 Å². The molecule has 0 bridgehead atoms. The number of hydrogen-bond donors (Lipinski definition) is 2. The largest absolute Gasteiger partial charge is 2.00 e. The molecule has 0 rings (SSSR count). The van der Waals surface area contributed by atoms with Crippen LogP contribution in [0.3, 0.4) is 0 Å². The summed E-state index contributed by atoms with van der Waals surface area (Å²) in [7, 11) is 0. The SMILES string of the molecule is NC(N)=O.[Br-].[Br-].[Ca+2]. The maximum Gasteiger partial charge on any atom is 2.00 e. The van der Waals surface area contributed by atoms with Gasteiger partial charge in [0.25, 0.3) is 0 Å². The third kappa shape index (κ3) is 102. The van der Waals surface area contributed by atoms with Crippen LogP contribution in [0.15, 0.2) is 0 Å². The Kier molecular flexibility index (Phi) is 52.8. The number of nitrogens with two attached hydrogens (primary N) is 2. The quantitative estimate of drug-likeness (QED) is 0.417. The standard InChI is InChI=1S/CH4N2O.2BrH.Ca/c2-1(3)4;;;/h(H4,2,3,4);2*1H;/q;;;+2/p-2. The van der Waals surface area contributed by atoms with Crippen LogP contribution in [0.5, 0.6) is 0 Å². The monoisotopic (exact) mass is 258 g/mol. The molecule has 0 radical (unpaired) electrons. The zero-order valence-corrected chi connectivity index (χ0v) is 8.91. The van der Waals surface area contributed by atoms with Crippen molar-refractivity contribution in [1.29, 1.82) is 0 Å². The van der Waals surface area contributed by atoms with Crippen LogP contribution in [0.4, 0.5) is 4.79 Å². The molecule has 0 atom stereocenters. The average molecular weight is 260 g/mol. The van der Waals surface area contributed by atoms with E-state index in [1.807, 2.05) is 0 Å². The molecule has 2 amide bonds. The van der Waals surface area contributed by atoms with Crippen molar-refractivity contribution in [2.24, 2.45) is 11.5 Å². The van der Waals surface area contributed by atoms with Crippen molar-refractivity contribution in [1.82, 2.24) is 0 Å². The Morgan fingerprint density at radius 3 is 1.14 bits per heavy atom. The Morgan fingerprint density at radius 2 is 1.14 bits per heavy atom. The summed E-state index contributed by atoms with van der Waals surface area (Å²) in [5, 5.41) is 0. The zero-order valence-electron chi connectivity index (χ0n) is 3.53. The van der Waals surface area contributed by atoms with E-state index in [1.165, 1.54) is 0 Å². The Balaban J connectivity index is -0.0000000150. The fourth-order valence-electron chi connectivity index (χ4n) is 0. The van der Waals surface area contributed by atoms with Gasteiger partial charge in [0, 0.05) is 0 Å². The van der Waals surface area contributed by atoms with Crippen LogP contribution in [-0.4, -0.2) is 43.8 Å². The Morgan fingerprint density at radius 1 is 1.14 bits per heavy atom. The summed E-state index contributed by atoms with van der Waals surface area (Å²) >= 11 is 0. The van der Waals surface area contributed by atoms with Crippen LogP contribution in [0.1, 0.15) is 0 Å². The molecule has 4 N–H and O–H groups in total. The number of amides is 2. The summed E-state index contributed by atoms with van der Waals surface area (Å²) in [6.07, 6.45) is 0. The van der Waals surface area contributed by atoms with E-state index in [1.54, 1.807) is 0 Å². The van der Waals surface area contributed by atoms with Crippen LogP contribution < -0.4 is 45.4 Å². The van der Waals surface area contributed by atoms with E-state index < -0.39 is 6.03 Å². The average Bonchev–Trinajstić information content (AvgIpc) is 0.811. The third-order valence-corrected chi connectivity index (χ3v) is 0. The molecule has 0 aliphatic heterocycles. The van der Waals surface area contributed by atoms with Gasteiger partial charge in [0.1, 0.15) is 0 Å². The van der Waals surface area contributed by atoms with Crippen molar-refractivity contribution in [2.45, 2.75) is 0 Å². The molecular formula is CH4Br2CaN2O. The predicted molar refractivity (Wildman–Crippen MR) is 19.5 cm³/mol. The van der Waals surface area contributed by atoms with Crippen LogP contribution in [0.25, 0.3) is 0 Å². The van der Waals surface area contributed by atoms with E-state index in [0.717, 1.165) is 0 Å². The van der Waals surface area contributed by atoms with Crippen molar-refractivity contribution >= 4 is 43.8 Å². The molecular weight excluding hydrogens is 256 g/mol. The van der Waals surface area contributed by atoms with Gasteiger partial charge < -0.3 is 45.4 Å². The molecule has 0 saturated heterocycles. The molecule has 0 heterocycles. The third-order valence-electron chi connectivity index (χ3n) is 0. The molecule has 6 heteroatoms. The Hall–Kier alpha value is 1.49. The molecule has 7 heavy (non-hydrogen) atoms. The summed E-state index contributed by atoms with van der Waals surface area (Å²) in [6.45, 7) is 0. The minimum Gasteiger partial charge on any atom is -1.00 e. The molecule has 0 aromatic carbocycles. The van der Waals surface area contributed by atoms with Gasteiger partial charge in [-0.2, -0.15) is 0 Å². The van der Waals surface area contributed by atoms with Crippen LogP contribution in [-0.2, 0) is 0 Å². The Bertz CT molecular complexity index is 38.7. The van der Waals surface area contributed by atoms with E-state index in [-0.39, 0.29) is 71.7 Å². The van der Waals surface area contributed by atoms with Crippen LogP contribution in [0.2, 0.25) is 0 Å². The minimum atomic E-state index is -0.833. The molecule has 3 nitrogen and oxygen atoms in total. The summed E-state index contributed by atoms with van der Waals surface area (Å²) in [5.41, 5.74) is 8.50. The first-order valence-corrected chi connectivity index (χ1v) is 0.781. The first-order valence-electron chi connectivity index (χ1n) is 0.781. The molecule has 0 aliphatic carbocycles. The van der Waals surface area contributed by atoms with E-state index in [2.05, 4.69) is 11.5 Å². The molecule has 0 aromatic heterocycles. The van der Waals surface area contributed by atoms with Gasteiger partial charge in [0.15, 0.2) is 0 Å². The van der Waals surface area contributed by atoms with Crippen LogP contribution >= 0.6 is 0 Å². The maximum absolute atomic E-state index is 9.00. The number of carbonyl (C=O) groups is 1. The van der Waals surface area contributed by atoms with Gasteiger partial charge in [0.05, 0.1) is 0 Å². The second-order valence-corrected chi connectivity index (χ2v) is 0.402. The molecule has 0 saturated carbocycles. The van der Waals surface area contributed by atoms with Gasteiger partial charge in [-0.25, -0.2) is 4.79 Å². The topological polar surface area (TPSA) is 69.1 Å². The first-order chi connectivity index (χ1) is 1.73. The molecule has 0 unspecified atom stereocenters. The predicted octanol–water partition coefficient (Wildman–Crippen LogP) is -7.35. The molecule has 0 spiro atoms. The number of primary amides is 2. The normalized spacial score (nSPS) is 3.43. The summed E-state index contributed by atoms with van der Waals surface area (Å²) in [6, 6.07) is -0.833. The molecule has 0 aliphatic rings. The smallest absolute Gasteiger partial charge is 1.00 e. The number of carbonyl (C=O) groups excluding carboxylic acids is 1. The van der Waals surface area contributed by atoms with E-state index in [0.29, 0.717) is 0 Å². The second-order valence-electron chi connectivity index (χ2n) is 0.402. The number of hydrogen-bond acceptors (Lipinski definition) is 1. The van der Waals surface area contributed by atoms with Crippen molar-refractivity contribution in [3.8, 4) is 0 Å². The number of urea groups is 1. The van der Waals surface area contributed by atoms with Gasteiger partial charge in [-0.15, -0.1) is 0 Å². The summed E-state index contributed by atoms with van der Waals surface area (Å²) < 4.78 is 0.